The monoisotopic (exact) mass is 343 g/mol. The summed E-state index contributed by atoms with van der Waals surface area (Å²) >= 11 is 0. The maximum Gasteiger partial charge on any atom is 0.229 e. The van der Waals surface area contributed by atoms with Crippen molar-refractivity contribution in [2.75, 3.05) is 6.54 Å². The number of amides is 1. The maximum atomic E-state index is 13.0. The van der Waals surface area contributed by atoms with Gasteiger partial charge in [-0.2, -0.15) is 0 Å². The number of carbonyl (C=O) groups excluding carboxylic acids is 1. The van der Waals surface area contributed by atoms with Gasteiger partial charge in [0, 0.05) is 25.1 Å². The van der Waals surface area contributed by atoms with Crippen LogP contribution in [-0.2, 0) is 24.1 Å². The van der Waals surface area contributed by atoms with E-state index >= 15 is 0 Å². The lowest BCUT2D eigenvalue weighted by Gasteiger charge is -2.37. The SMILES string of the molecule is O=C(Cc1cnccn1)N1CCc2ccccc2C1Cc1ccccc1. The molecule has 26 heavy (non-hydrogen) atoms. The van der Waals surface area contributed by atoms with Crippen LogP contribution in [0.4, 0.5) is 0 Å². The molecule has 0 bridgehead atoms. The number of fused-ring (bicyclic) bond motifs is 1. The van der Waals surface area contributed by atoms with Gasteiger partial charge in [-0.05, 0) is 29.5 Å². The first-order valence-electron chi connectivity index (χ1n) is 8.97. The van der Waals surface area contributed by atoms with Crippen molar-refractivity contribution in [2.24, 2.45) is 0 Å². The summed E-state index contributed by atoms with van der Waals surface area (Å²) in [6.45, 7) is 0.744. The molecule has 4 nitrogen and oxygen atoms in total. The van der Waals surface area contributed by atoms with E-state index in [0.29, 0.717) is 6.42 Å². The molecule has 1 aliphatic rings. The summed E-state index contributed by atoms with van der Waals surface area (Å²) in [5, 5.41) is 0. The van der Waals surface area contributed by atoms with Gasteiger partial charge in [0.1, 0.15) is 0 Å². The molecular weight excluding hydrogens is 322 g/mol. The van der Waals surface area contributed by atoms with E-state index in [1.807, 2.05) is 11.0 Å². The molecule has 0 aliphatic carbocycles. The van der Waals surface area contributed by atoms with Crippen molar-refractivity contribution in [1.29, 1.82) is 0 Å². The first-order chi connectivity index (χ1) is 12.8. The smallest absolute Gasteiger partial charge is 0.229 e. The summed E-state index contributed by atoms with van der Waals surface area (Å²) in [6, 6.07) is 18.9. The molecule has 0 fully saturated rings. The number of rotatable bonds is 4. The molecule has 4 rings (SSSR count). The minimum Gasteiger partial charge on any atom is -0.335 e. The van der Waals surface area contributed by atoms with Crippen molar-refractivity contribution in [2.45, 2.75) is 25.3 Å². The molecule has 1 aromatic heterocycles. The average Bonchev–Trinajstić information content (AvgIpc) is 2.70. The van der Waals surface area contributed by atoms with Crippen LogP contribution in [0.15, 0.2) is 73.2 Å². The van der Waals surface area contributed by atoms with Gasteiger partial charge in [0.2, 0.25) is 5.91 Å². The van der Waals surface area contributed by atoms with Gasteiger partial charge in [0.25, 0.3) is 0 Å². The van der Waals surface area contributed by atoms with Crippen LogP contribution in [0.2, 0.25) is 0 Å². The van der Waals surface area contributed by atoms with Crippen LogP contribution in [0.1, 0.15) is 28.4 Å². The van der Waals surface area contributed by atoms with Crippen molar-refractivity contribution in [1.82, 2.24) is 14.9 Å². The van der Waals surface area contributed by atoms with E-state index in [1.165, 1.54) is 16.7 Å². The van der Waals surface area contributed by atoms with Crippen LogP contribution in [0.25, 0.3) is 0 Å². The summed E-state index contributed by atoms with van der Waals surface area (Å²) in [4.78, 5) is 23.4. The van der Waals surface area contributed by atoms with Gasteiger partial charge in [-0.15, -0.1) is 0 Å². The third-order valence-corrected chi connectivity index (χ3v) is 4.95. The number of nitrogens with zero attached hydrogens (tertiary/aromatic N) is 3. The summed E-state index contributed by atoms with van der Waals surface area (Å²) in [7, 11) is 0. The van der Waals surface area contributed by atoms with Crippen molar-refractivity contribution in [3.63, 3.8) is 0 Å². The molecule has 1 atom stereocenters. The fraction of sp³-hybridized carbons (Fsp3) is 0.227. The van der Waals surface area contributed by atoms with Crippen LogP contribution in [0.5, 0.6) is 0 Å². The Hall–Kier alpha value is -3.01. The number of aromatic nitrogens is 2. The summed E-state index contributed by atoms with van der Waals surface area (Å²) in [6.07, 6.45) is 6.94. The topological polar surface area (TPSA) is 46.1 Å². The second-order valence-corrected chi connectivity index (χ2v) is 6.61. The zero-order valence-corrected chi connectivity index (χ0v) is 14.6. The molecule has 4 heteroatoms. The molecule has 0 N–H and O–H groups in total. The molecule has 0 saturated heterocycles. The van der Waals surface area contributed by atoms with Crippen LogP contribution in [-0.4, -0.2) is 27.3 Å². The van der Waals surface area contributed by atoms with E-state index in [9.17, 15) is 4.79 Å². The molecule has 2 heterocycles. The fourth-order valence-electron chi connectivity index (χ4n) is 3.69. The molecule has 2 aromatic carbocycles. The number of carbonyl (C=O) groups is 1. The lowest BCUT2D eigenvalue weighted by Crippen LogP contribution is -2.41. The van der Waals surface area contributed by atoms with Crippen LogP contribution in [0, 0.1) is 0 Å². The molecule has 1 amide bonds. The Morgan fingerprint density at radius 2 is 1.85 bits per heavy atom. The van der Waals surface area contributed by atoms with Gasteiger partial charge in [-0.3, -0.25) is 14.8 Å². The second kappa shape index (κ2) is 7.48. The maximum absolute atomic E-state index is 13.0. The normalized spacial score (nSPS) is 16.2. The minimum atomic E-state index is 0.0616. The van der Waals surface area contributed by atoms with Crippen molar-refractivity contribution < 1.29 is 4.79 Å². The van der Waals surface area contributed by atoms with Crippen LogP contribution >= 0.6 is 0 Å². The molecular formula is C22H21N3O. The number of hydrogen-bond donors (Lipinski definition) is 0. The zero-order valence-electron chi connectivity index (χ0n) is 14.6. The van der Waals surface area contributed by atoms with Crippen molar-refractivity contribution in [3.8, 4) is 0 Å². The Morgan fingerprint density at radius 1 is 1.04 bits per heavy atom. The lowest BCUT2D eigenvalue weighted by atomic mass is 9.88. The molecule has 130 valence electrons. The third kappa shape index (κ3) is 3.49. The zero-order chi connectivity index (χ0) is 17.8. The highest BCUT2D eigenvalue weighted by atomic mass is 16.2. The highest BCUT2D eigenvalue weighted by Gasteiger charge is 2.30. The molecule has 0 radical (unpaired) electrons. The largest absolute Gasteiger partial charge is 0.335 e. The van der Waals surface area contributed by atoms with Crippen molar-refractivity contribution in [3.05, 3.63) is 95.6 Å². The first kappa shape index (κ1) is 16.5. The highest BCUT2D eigenvalue weighted by Crippen LogP contribution is 2.32. The summed E-state index contributed by atoms with van der Waals surface area (Å²) in [5.41, 5.74) is 4.56. The van der Waals surface area contributed by atoms with E-state index in [0.717, 1.165) is 25.1 Å². The molecule has 3 aromatic rings. The Labute approximate surface area is 153 Å². The Bertz CT molecular complexity index is 880. The van der Waals surface area contributed by atoms with E-state index in [4.69, 9.17) is 0 Å². The van der Waals surface area contributed by atoms with E-state index in [-0.39, 0.29) is 11.9 Å². The number of benzene rings is 2. The highest BCUT2D eigenvalue weighted by molar-refractivity contribution is 5.79. The quantitative estimate of drug-likeness (QED) is 0.729. The summed E-state index contributed by atoms with van der Waals surface area (Å²) < 4.78 is 0. The predicted octanol–water partition coefficient (Wildman–Crippen LogP) is 3.39. The van der Waals surface area contributed by atoms with Gasteiger partial charge < -0.3 is 4.90 Å². The fourth-order valence-corrected chi connectivity index (χ4v) is 3.69. The van der Waals surface area contributed by atoms with E-state index in [1.54, 1.807) is 18.6 Å². The molecule has 0 spiro atoms. The Kier molecular flexibility index (Phi) is 4.73. The van der Waals surface area contributed by atoms with Gasteiger partial charge in [-0.25, -0.2) is 0 Å². The summed E-state index contributed by atoms with van der Waals surface area (Å²) in [5.74, 6) is 0.112. The lowest BCUT2D eigenvalue weighted by molar-refractivity contribution is -0.133. The Balaban J connectivity index is 1.63. The van der Waals surface area contributed by atoms with E-state index < -0.39 is 0 Å². The number of hydrogen-bond acceptors (Lipinski definition) is 3. The molecule has 0 saturated carbocycles. The van der Waals surface area contributed by atoms with Gasteiger partial charge in [-0.1, -0.05) is 54.6 Å². The first-order valence-corrected chi connectivity index (χ1v) is 8.97. The van der Waals surface area contributed by atoms with Crippen LogP contribution < -0.4 is 0 Å². The van der Waals surface area contributed by atoms with E-state index in [2.05, 4.69) is 58.5 Å². The predicted molar refractivity (Wildman–Crippen MR) is 100 cm³/mol. The van der Waals surface area contributed by atoms with Gasteiger partial charge in [0.15, 0.2) is 0 Å². The standard InChI is InChI=1S/C22H21N3O/c26-22(15-19-16-23-11-12-24-19)25-13-10-18-8-4-5-9-20(18)21(25)14-17-6-2-1-3-7-17/h1-9,11-12,16,21H,10,13-15H2. The second-order valence-electron chi connectivity index (χ2n) is 6.61. The minimum absolute atomic E-state index is 0.0616. The third-order valence-electron chi connectivity index (χ3n) is 4.95. The van der Waals surface area contributed by atoms with Crippen molar-refractivity contribution >= 4 is 5.91 Å². The van der Waals surface area contributed by atoms with Crippen LogP contribution in [0.3, 0.4) is 0 Å². The molecule has 1 unspecified atom stereocenters. The average molecular weight is 343 g/mol. The van der Waals surface area contributed by atoms with Gasteiger partial charge in [0.05, 0.1) is 18.2 Å². The van der Waals surface area contributed by atoms with Gasteiger partial charge >= 0.3 is 0 Å². The Morgan fingerprint density at radius 3 is 2.65 bits per heavy atom. The molecule has 1 aliphatic heterocycles.